The molecule has 1 aromatic rings. The predicted molar refractivity (Wildman–Crippen MR) is 67.2 cm³/mol. The summed E-state index contributed by atoms with van der Waals surface area (Å²) >= 11 is 17.4. The normalized spacial score (nSPS) is 22.8. The van der Waals surface area contributed by atoms with E-state index in [2.05, 4.69) is 5.43 Å². The van der Waals surface area contributed by atoms with Gasteiger partial charge in [-0.05, 0) is 18.2 Å². The first-order valence-corrected chi connectivity index (χ1v) is 5.98. The maximum absolute atomic E-state index is 12.9. The summed E-state index contributed by atoms with van der Waals surface area (Å²) in [6, 6.07) is 2.45. The Kier molecular flexibility index (Phi) is 3.55. The molecule has 0 saturated carbocycles. The molecule has 0 amide bonds. The van der Waals surface area contributed by atoms with Gasteiger partial charge in [-0.1, -0.05) is 34.8 Å². The Labute approximate surface area is 121 Å². The lowest BCUT2D eigenvalue weighted by Gasteiger charge is -2.36. The Morgan fingerprint density at radius 3 is 2.16 bits per heavy atom. The molecule has 0 fully saturated rings. The molecule has 0 saturated heterocycles. The van der Waals surface area contributed by atoms with Gasteiger partial charge in [-0.3, -0.25) is 0 Å². The van der Waals surface area contributed by atoms with Gasteiger partial charge in [0.25, 0.3) is 5.72 Å². The third kappa shape index (κ3) is 2.33. The molecule has 1 atom stereocenters. The van der Waals surface area contributed by atoms with Crippen molar-refractivity contribution in [2.75, 3.05) is 5.01 Å². The average molecular weight is 334 g/mol. The minimum atomic E-state index is -4.95. The first-order valence-electron chi connectivity index (χ1n) is 4.84. The molecule has 0 radical (unpaired) electrons. The van der Waals surface area contributed by atoms with E-state index in [4.69, 9.17) is 34.8 Å². The van der Waals surface area contributed by atoms with E-state index in [1.54, 1.807) is 0 Å². The van der Waals surface area contributed by atoms with E-state index in [-0.39, 0.29) is 20.8 Å². The van der Waals surface area contributed by atoms with Crippen molar-refractivity contribution in [3.8, 4) is 0 Å². The third-order valence-corrected chi connectivity index (χ3v) is 3.28. The minimum absolute atomic E-state index is 0.128. The van der Waals surface area contributed by atoms with Gasteiger partial charge in [-0.2, -0.15) is 13.2 Å². The van der Waals surface area contributed by atoms with Gasteiger partial charge in [-0.25, -0.2) is 5.01 Å². The van der Waals surface area contributed by atoms with Crippen LogP contribution in [0.1, 0.15) is 0 Å². The summed E-state index contributed by atoms with van der Waals surface area (Å²) in [6.07, 6.45) is -3.46. The van der Waals surface area contributed by atoms with Crippen molar-refractivity contribution in [3.05, 3.63) is 39.5 Å². The number of hydrogen-bond donors (Lipinski definition) is 2. The molecule has 0 bridgehead atoms. The summed E-state index contributed by atoms with van der Waals surface area (Å²) in [5.41, 5.74) is -1.22. The summed E-state index contributed by atoms with van der Waals surface area (Å²) < 4.78 is 38.8. The first kappa shape index (κ1) is 14.6. The van der Waals surface area contributed by atoms with Gasteiger partial charge in [0.2, 0.25) is 0 Å². The van der Waals surface area contributed by atoms with Crippen molar-refractivity contribution in [1.82, 2.24) is 5.43 Å². The molecule has 1 heterocycles. The van der Waals surface area contributed by atoms with E-state index in [1.165, 1.54) is 12.1 Å². The molecule has 9 heteroatoms. The van der Waals surface area contributed by atoms with Crippen LogP contribution in [0.15, 0.2) is 24.4 Å². The zero-order valence-corrected chi connectivity index (χ0v) is 11.2. The van der Waals surface area contributed by atoms with E-state index in [0.717, 1.165) is 6.20 Å². The second-order valence-electron chi connectivity index (χ2n) is 3.74. The van der Waals surface area contributed by atoms with Crippen LogP contribution in [0.2, 0.25) is 15.1 Å². The van der Waals surface area contributed by atoms with Crippen LogP contribution in [0, 0.1) is 0 Å². The molecular weight excluding hydrogens is 327 g/mol. The van der Waals surface area contributed by atoms with E-state index >= 15 is 0 Å². The van der Waals surface area contributed by atoms with E-state index in [0.29, 0.717) is 11.1 Å². The molecular formula is C10H6Cl3F3N2O. The molecule has 1 aliphatic rings. The third-order valence-electron chi connectivity index (χ3n) is 2.48. The lowest BCUT2D eigenvalue weighted by molar-refractivity contribution is -0.238. The number of hydrazine groups is 1. The van der Waals surface area contributed by atoms with E-state index in [1.807, 2.05) is 0 Å². The summed E-state index contributed by atoms with van der Waals surface area (Å²) in [5, 5.41) is 10.1. The fourth-order valence-corrected chi connectivity index (χ4v) is 2.59. The molecule has 1 aliphatic heterocycles. The minimum Gasteiger partial charge on any atom is -0.359 e. The number of nitrogens with zero attached hydrogens (tertiary/aromatic N) is 1. The van der Waals surface area contributed by atoms with Crippen LogP contribution < -0.4 is 10.4 Å². The van der Waals surface area contributed by atoms with Crippen molar-refractivity contribution >= 4 is 40.5 Å². The van der Waals surface area contributed by atoms with Crippen LogP contribution in [0.3, 0.4) is 0 Å². The lowest BCUT2D eigenvalue weighted by atomic mass is 10.2. The quantitative estimate of drug-likeness (QED) is 0.822. The van der Waals surface area contributed by atoms with Gasteiger partial charge in [0.1, 0.15) is 0 Å². The molecule has 2 N–H and O–H groups in total. The lowest BCUT2D eigenvalue weighted by Crippen LogP contribution is -2.58. The number of rotatable bonds is 1. The molecule has 2 rings (SSSR count). The number of alkyl halides is 3. The number of nitrogens with one attached hydrogen (secondary N) is 1. The second kappa shape index (κ2) is 4.63. The Morgan fingerprint density at radius 1 is 1.16 bits per heavy atom. The first-order chi connectivity index (χ1) is 8.67. The number of halogens is 6. The van der Waals surface area contributed by atoms with Crippen LogP contribution in [0.5, 0.6) is 0 Å². The molecule has 104 valence electrons. The Balaban J connectivity index is 2.55. The molecule has 3 nitrogen and oxygen atoms in total. The Morgan fingerprint density at radius 2 is 1.68 bits per heavy atom. The van der Waals surface area contributed by atoms with Crippen molar-refractivity contribution in [3.63, 3.8) is 0 Å². The fraction of sp³-hybridized carbons (Fsp3) is 0.200. The van der Waals surface area contributed by atoms with Crippen molar-refractivity contribution in [1.29, 1.82) is 0 Å². The smallest absolute Gasteiger partial charge is 0.359 e. The summed E-state index contributed by atoms with van der Waals surface area (Å²) in [7, 11) is 0. The summed E-state index contributed by atoms with van der Waals surface area (Å²) in [6.45, 7) is 0. The zero-order chi connectivity index (χ0) is 14.4. The van der Waals surface area contributed by atoms with Gasteiger partial charge in [0, 0.05) is 11.2 Å². The van der Waals surface area contributed by atoms with Crippen molar-refractivity contribution < 1.29 is 18.3 Å². The highest BCUT2D eigenvalue weighted by atomic mass is 35.5. The second-order valence-corrected chi connectivity index (χ2v) is 4.99. The molecule has 0 spiro atoms. The van der Waals surface area contributed by atoms with Gasteiger partial charge in [0.05, 0.1) is 15.7 Å². The van der Waals surface area contributed by atoms with Gasteiger partial charge in [-0.15, -0.1) is 0 Å². The van der Waals surface area contributed by atoms with Gasteiger partial charge < -0.3 is 10.5 Å². The van der Waals surface area contributed by atoms with E-state index in [9.17, 15) is 18.3 Å². The number of benzene rings is 1. The highest BCUT2D eigenvalue weighted by molar-refractivity contribution is 6.41. The standard InChI is InChI=1S/C10H6Cl3F3N2O/c11-5-3-6(12)8(7(13)4-5)18-9(19,1-2-17-18)10(14,15)16/h1-4,17,19H/t9-/m0/s1. The maximum Gasteiger partial charge on any atom is 0.442 e. The highest BCUT2D eigenvalue weighted by Gasteiger charge is 2.59. The largest absolute Gasteiger partial charge is 0.442 e. The van der Waals surface area contributed by atoms with Gasteiger partial charge >= 0.3 is 6.18 Å². The zero-order valence-electron chi connectivity index (χ0n) is 8.97. The molecule has 19 heavy (non-hydrogen) atoms. The van der Waals surface area contributed by atoms with Crippen molar-refractivity contribution in [2.24, 2.45) is 0 Å². The number of aliphatic hydroxyl groups is 1. The number of anilines is 1. The van der Waals surface area contributed by atoms with Crippen LogP contribution >= 0.6 is 34.8 Å². The van der Waals surface area contributed by atoms with Crippen LogP contribution in [0.4, 0.5) is 18.9 Å². The van der Waals surface area contributed by atoms with Crippen LogP contribution in [-0.4, -0.2) is 17.0 Å². The molecule has 0 aromatic heterocycles. The SMILES string of the molecule is O[C@]1(C(F)(F)F)C=CNN1c1c(Cl)cc(Cl)cc1Cl. The monoisotopic (exact) mass is 332 g/mol. The molecule has 0 unspecified atom stereocenters. The number of hydrogen-bond acceptors (Lipinski definition) is 3. The summed E-state index contributed by atoms with van der Waals surface area (Å²) in [5.74, 6) is 0. The Hall–Kier alpha value is -0.820. The Bertz CT molecular complexity index is 526. The fourth-order valence-electron chi connectivity index (χ4n) is 1.61. The molecule has 0 aliphatic carbocycles. The van der Waals surface area contributed by atoms with Gasteiger partial charge in [0.15, 0.2) is 0 Å². The molecule has 1 aromatic carbocycles. The highest BCUT2D eigenvalue weighted by Crippen LogP contribution is 2.44. The van der Waals surface area contributed by atoms with Crippen LogP contribution in [0.25, 0.3) is 0 Å². The summed E-state index contributed by atoms with van der Waals surface area (Å²) in [4.78, 5) is 0. The average Bonchev–Trinajstić information content (AvgIpc) is 2.60. The maximum atomic E-state index is 12.9. The predicted octanol–water partition coefficient (Wildman–Crippen LogP) is 3.74. The van der Waals surface area contributed by atoms with E-state index < -0.39 is 11.9 Å². The van der Waals surface area contributed by atoms with Crippen LogP contribution in [-0.2, 0) is 0 Å². The topological polar surface area (TPSA) is 35.5 Å². The van der Waals surface area contributed by atoms with Crippen molar-refractivity contribution in [2.45, 2.75) is 11.9 Å².